The van der Waals surface area contributed by atoms with Crippen molar-refractivity contribution in [2.75, 3.05) is 30.3 Å². The van der Waals surface area contributed by atoms with E-state index in [1.165, 1.54) is 0 Å². The van der Waals surface area contributed by atoms with E-state index in [0.717, 1.165) is 82.7 Å². The summed E-state index contributed by atoms with van der Waals surface area (Å²) >= 11 is 6.95. The third kappa shape index (κ3) is 5.78. The van der Waals surface area contributed by atoms with Crippen LogP contribution in [0.2, 0.25) is 5.02 Å². The summed E-state index contributed by atoms with van der Waals surface area (Å²) in [7, 11) is 1.88. The van der Waals surface area contributed by atoms with Gasteiger partial charge in [-0.05, 0) is 54.3 Å². The molecule has 11 heteroatoms. The number of pyridine rings is 2. The molecule has 0 bridgehead atoms. The number of amides is 1. The zero-order valence-electron chi connectivity index (χ0n) is 25.3. The number of nitrogens with one attached hydrogen (secondary N) is 3. The Kier molecular flexibility index (Phi) is 7.97. The van der Waals surface area contributed by atoms with Crippen molar-refractivity contribution in [3.05, 3.63) is 94.3 Å². The van der Waals surface area contributed by atoms with Gasteiger partial charge in [0, 0.05) is 80.9 Å². The van der Waals surface area contributed by atoms with Gasteiger partial charge < -0.3 is 25.6 Å². The fourth-order valence-electron chi connectivity index (χ4n) is 6.36. The second kappa shape index (κ2) is 12.2. The molecule has 5 aromatic rings. The number of likely N-dealkylation sites (tertiary alicyclic amines) is 1. The van der Waals surface area contributed by atoms with E-state index in [4.69, 9.17) is 16.6 Å². The third-order valence-corrected chi connectivity index (χ3v) is 9.17. The Labute approximate surface area is 266 Å². The van der Waals surface area contributed by atoms with Gasteiger partial charge in [0.1, 0.15) is 5.52 Å². The summed E-state index contributed by atoms with van der Waals surface area (Å²) < 4.78 is 1.87. The number of fused-ring (bicyclic) bond motifs is 2. The number of aliphatic hydroxyl groups excluding tert-OH is 1. The molecule has 2 aromatic carbocycles. The molecule has 230 valence electrons. The number of halogens is 1. The number of aromatic nitrogens is 4. The molecule has 1 atom stereocenters. The fraction of sp³-hybridized carbons (Fsp3) is 0.294. The maximum absolute atomic E-state index is 13.3. The molecule has 4 N–H and O–H groups in total. The maximum Gasteiger partial charge on any atom is 0.291 e. The molecule has 2 aliphatic rings. The zero-order chi connectivity index (χ0) is 31.1. The summed E-state index contributed by atoms with van der Waals surface area (Å²) in [6, 6.07) is 15.7. The van der Waals surface area contributed by atoms with Crippen molar-refractivity contribution in [1.82, 2.24) is 29.7 Å². The van der Waals surface area contributed by atoms with Crippen molar-refractivity contribution >= 4 is 45.6 Å². The maximum atomic E-state index is 13.3. The van der Waals surface area contributed by atoms with Crippen molar-refractivity contribution in [1.29, 1.82) is 0 Å². The van der Waals surface area contributed by atoms with Crippen LogP contribution in [0.4, 0.5) is 17.2 Å². The van der Waals surface area contributed by atoms with Gasteiger partial charge in [-0.1, -0.05) is 35.9 Å². The lowest BCUT2D eigenvalue weighted by molar-refractivity contribution is 0.101. The third-order valence-electron chi connectivity index (χ3n) is 8.76. The normalized spacial score (nSPS) is 16.6. The number of β-amino-alcohol motifs (C(OH)–C–C–N with tert-alkyl or cyclic N) is 1. The van der Waals surface area contributed by atoms with Gasteiger partial charge >= 0.3 is 0 Å². The number of hydrogen-bond acceptors (Lipinski definition) is 8. The molecule has 10 nitrogen and oxygen atoms in total. The van der Waals surface area contributed by atoms with Gasteiger partial charge in [0.05, 0.1) is 22.5 Å². The summed E-state index contributed by atoms with van der Waals surface area (Å²) in [5.41, 5.74) is 8.00. The van der Waals surface area contributed by atoms with E-state index in [1.807, 2.05) is 61.1 Å². The van der Waals surface area contributed by atoms with E-state index in [0.29, 0.717) is 35.4 Å². The SMILES string of the molecule is Cc1c(Nc2nccc3cc(CN4CCC(O)C4)cnc23)cccc1-c1cccc(NC(=O)c2nc3c(n2C)CCNC3)c1Cl. The topological polar surface area (TPSA) is 120 Å². The summed E-state index contributed by atoms with van der Waals surface area (Å²) in [5.74, 6) is 0.732. The van der Waals surface area contributed by atoms with E-state index in [2.05, 4.69) is 36.9 Å². The number of carbonyl (C=O) groups excluding carboxylic acids is 1. The van der Waals surface area contributed by atoms with Crippen LogP contribution in [0, 0.1) is 6.92 Å². The average Bonchev–Trinajstić information content (AvgIpc) is 3.61. The Morgan fingerprint density at radius 2 is 1.96 bits per heavy atom. The minimum atomic E-state index is -0.297. The summed E-state index contributed by atoms with van der Waals surface area (Å²) in [6.07, 6.45) is 5.07. The number of hydrogen-bond donors (Lipinski definition) is 4. The van der Waals surface area contributed by atoms with Crippen molar-refractivity contribution in [3.8, 4) is 11.1 Å². The summed E-state index contributed by atoms with van der Waals surface area (Å²) in [5, 5.41) is 21.1. The Morgan fingerprint density at radius 1 is 1.13 bits per heavy atom. The number of imidazole rings is 1. The predicted molar refractivity (Wildman–Crippen MR) is 177 cm³/mol. The largest absolute Gasteiger partial charge is 0.392 e. The summed E-state index contributed by atoms with van der Waals surface area (Å²) in [4.78, 5) is 29.5. The van der Waals surface area contributed by atoms with Crippen molar-refractivity contribution in [2.45, 2.75) is 39.0 Å². The Bertz CT molecular complexity index is 1920. The van der Waals surface area contributed by atoms with Gasteiger partial charge in [0.25, 0.3) is 5.91 Å². The number of nitrogens with zero attached hydrogens (tertiary/aromatic N) is 5. The predicted octanol–water partition coefficient (Wildman–Crippen LogP) is 5.20. The first kappa shape index (κ1) is 29.4. The smallest absolute Gasteiger partial charge is 0.291 e. The molecule has 7 rings (SSSR count). The lowest BCUT2D eigenvalue weighted by Gasteiger charge is -2.17. The highest BCUT2D eigenvalue weighted by Crippen LogP contribution is 2.38. The molecule has 3 aromatic heterocycles. The first-order valence-corrected chi connectivity index (χ1v) is 15.6. The lowest BCUT2D eigenvalue weighted by atomic mass is 9.98. The molecule has 0 saturated carbocycles. The monoisotopic (exact) mass is 622 g/mol. The van der Waals surface area contributed by atoms with Gasteiger partial charge in [-0.2, -0.15) is 0 Å². The van der Waals surface area contributed by atoms with E-state index < -0.39 is 0 Å². The van der Waals surface area contributed by atoms with E-state index in [-0.39, 0.29) is 12.0 Å². The molecular formula is C34H35ClN8O2. The first-order valence-electron chi connectivity index (χ1n) is 15.2. The van der Waals surface area contributed by atoms with Crippen LogP contribution in [0.1, 0.15) is 39.6 Å². The Hall–Kier alpha value is -4.35. The quantitative estimate of drug-likeness (QED) is 0.196. The van der Waals surface area contributed by atoms with Gasteiger partial charge in [-0.15, -0.1) is 0 Å². The highest BCUT2D eigenvalue weighted by Gasteiger charge is 2.23. The molecule has 2 aliphatic heterocycles. The zero-order valence-corrected chi connectivity index (χ0v) is 26.0. The molecule has 0 spiro atoms. The number of carbonyl (C=O) groups is 1. The Balaban J connectivity index is 1.13. The molecule has 1 amide bonds. The highest BCUT2D eigenvalue weighted by molar-refractivity contribution is 6.36. The fourth-order valence-corrected chi connectivity index (χ4v) is 6.64. The van der Waals surface area contributed by atoms with Crippen LogP contribution in [0.3, 0.4) is 0 Å². The average molecular weight is 623 g/mol. The first-order chi connectivity index (χ1) is 21.9. The molecule has 1 fully saturated rings. The van der Waals surface area contributed by atoms with Crippen LogP contribution in [0.15, 0.2) is 60.9 Å². The molecule has 45 heavy (non-hydrogen) atoms. The standard InChI is InChI=1S/C34H35ClN8O2/c1-20-24(25-6-4-8-27(30(25)35)41-34(45)33-40-28-17-36-12-10-29(28)42(33)2)5-3-7-26(20)39-32-31-22(9-13-37-32)15-21(16-38-31)18-43-14-11-23(44)19-43/h3-9,13,15-16,23,36,44H,10-12,14,17-19H2,1-2H3,(H,37,39)(H,41,45). The van der Waals surface area contributed by atoms with Crippen LogP contribution >= 0.6 is 11.6 Å². The molecule has 5 heterocycles. The van der Waals surface area contributed by atoms with E-state index in [1.54, 1.807) is 12.3 Å². The van der Waals surface area contributed by atoms with Crippen LogP contribution in [0.25, 0.3) is 22.0 Å². The van der Waals surface area contributed by atoms with Crippen LogP contribution in [-0.2, 0) is 26.6 Å². The lowest BCUT2D eigenvalue weighted by Crippen LogP contribution is -2.24. The van der Waals surface area contributed by atoms with Crippen molar-refractivity contribution in [3.63, 3.8) is 0 Å². The molecule has 0 radical (unpaired) electrons. The summed E-state index contributed by atoms with van der Waals surface area (Å²) in [6.45, 7) is 5.90. The van der Waals surface area contributed by atoms with Gasteiger partial charge in [-0.3, -0.25) is 14.7 Å². The Morgan fingerprint density at radius 3 is 2.76 bits per heavy atom. The van der Waals surface area contributed by atoms with Gasteiger partial charge in [0.15, 0.2) is 11.6 Å². The molecule has 0 aliphatic carbocycles. The van der Waals surface area contributed by atoms with Crippen molar-refractivity contribution in [2.24, 2.45) is 7.05 Å². The minimum Gasteiger partial charge on any atom is -0.392 e. The van der Waals surface area contributed by atoms with E-state index >= 15 is 0 Å². The number of anilines is 3. The number of aliphatic hydroxyl groups is 1. The van der Waals surface area contributed by atoms with Gasteiger partial charge in [0.2, 0.25) is 0 Å². The number of benzene rings is 2. The molecule has 1 unspecified atom stereocenters. The second-order valence-electron chi connectivity index (χ2n) is 11.8. The van der Waals surface area contributed by atoms with Gasteiger partial charge in [-0.25, -0.2) is 9.97 Å². The number of rotatable bonds is 7. The molecule has 1 saturated heterocycles. The highest BCUT2D eigenvalue weighted by atomic mass is 35.5. The van der Waals surface area contributed by atoms with Crippen LogP contribution in [0.5, 0.6) is 0 Å². The van der Waals surface area contributed by atoms with E-state index in [9.17, 15) is 9.90 Å². The van der Waals surface area contributed by atoms with Crippen LogP contribution in [-0.4, -0.2) is 61.2 Å². The second-order valence-corrected chi connectivity index (χ2v) is 12.2. The molecular weight excluding hydrogens is 588 g/mol. The van der Waals surface area contributed by atoms with Crippen molar-refractivity contribution < 1.29 is 9.90 Å². The minimum absolute atomic E-state index is 0.247. The van der Waals surface area contributed by atoms with Crippen LogP contribution < -0.4 is 16.0 Å².